The van der Waals surface area contributed by atoms with Gasteiger partial charge in [-0.25, -0.2) is 4.39 Å². The summed E-state index contributed by atoms with van der Waals surface area (Å²) in [4.78, 5) is 0. The van der Waals surface area contributed by atoms with Crippen LogP contribution in [-0.4, -0.2) is 0 Å². The highest BCUT2D eigenvalue weighted by molar-refractivity contribution is 5.64. The molecule has 3 rings (SSSR count). The van der Waals surface area contributed by atoms with Gasteiger partial charge in [-0.1, -0.05) is 101 Å². The second-order valence-corrected chi connectivity index (χ2v) is 9.26. The van der Waals surface area contributed by atoms with E-state index in [2.05, 4.69) is 37.8 Å². The molecule has 0 amide bonds. The summed E-state index contributed by atoms with van der Waals surface area (Å²) in [5.74, 6) is 1.76. The van der Waals surface area contributed by atoms with Crippen molar-refractivity contribution in [2.75, 3.05) is 0 Å². The molecule has 0 spiro atoms. The minimum Gasteiger partial charge on any atom is -0.206 e. The molecule has 0 atom stereocenters. The summed E-state index contributed by atoms with van der Waals surface area (Å²) >= 11 is 0. The first kappa shape index (κ1) is 22.8. The molecule has 2 aromatic rings. The van der Waals surface area contributed by atoms with Crippen LogP contribution in [0.15, 0.2) is 55.1 Å². The fourth-order valence-electron chi connectivity index (χ4n) is 4.93. The largest absolute Gasteiger partial charge is 0.206 e. The monoisotopic (exact) mass is 406 g/mol. The zero-order valence-electron chi connectivity index (χ0n) is 18.8. The van der Waals surface area contributed by atoms with Gasteiger partial charge >= 0.3 is 0 Å². The Labute approximate surface area is 183 Å². The van der Waals surface area contributed by atoms with Crippen LogP contribution in [0.1, 0.15) is 82.3 Å². The molecule has 1 aliphatic rings. The molecular weight excluding hydrogens is 367 g/mol. The Kier molecular flexibility index (Phi) is 9.18. The first-order chi connectivity index (χ1) is 14.7. The van der Waals surface area contributed by atoms with Gasteiger partial charge in [0.05, 0.1) is 0 Å². The van der Waals surface area contributed by atoms with Crippen LogP contribution in [0.25, 0.3) is 11.1 Å². The molecule has 1 heteroatoms. The first-order valence-corrected chi connectivity index (χ1v) is 12.2. The Bertz CT molecular complexity index is 765. The van der Waals surface area contributed by atoms with Crippen molar-refractivity contribution in [3.05, 3.63) is 72.1 Å². The summed E-state index contributed by atoms with van der Waals surface area (Å²) in [6.07, 6.45) is 17.4. The number of unbranched alkanes of at least 4 members (excludes halogenated alkanes) is 2. The number of allylic oxidation sites excluding steroid dienone is 1. The Balaban J connectivity index is 1.47. The predicted molar refractivity (Wildman–Crippen MR) is 128 cm³/mol. The van der Waals surface area contributed by atoms with Crippen molar-refractivity contribution in [2.24, 2.45) is 11.8 Å². The molecule has 0 bridgehead atoms. The van der Waals surface area contributed by atoms with Crippen LogP contribution in [0.5, 0.6) is 0 Å². The SMILES string of the molecule is C=CCCc1ccc(-c2ccc(CCC3CCC(CCCCC)CC3)cc2)c(F)c1. The van der Waals surface area contributed by atoms with Gasteiger partial charge in [0, 0.05) is 5.56 Å². The second kappa shape index (κ2) is 12.1. The quantitative estimate of drug-likeness (QED) is 0.258. The highest BCUT2D eigenvalue weighted by Gasteiger charge is 2.20. The van der Waals surface area contributed by atoms with Crippen molar-refractivity contribution < 1.29 is 4.39 Å². The van der Waals surface area contributed by atoms with Gasteiger partial charge in [0.15, 0.2) is 0 Å². The number of rotatable bonds is 11. The summed E-state index contributed by atoms with van der Waals surface area (Å²) in [5, 5.41) is 0. The zero-order valence-corrected chi connectivity index (χ0v) is 18.8. The number of halogens is 1. The van der Waals surface area contributed by atoms with Crippen molar-refractivity contribution in [2.45, 2.75) is 84.0 Å². The Morgan fingerprint density at radius 3 is 2.17 bits per heavy atom. The molecule has 0 unspecified atom stereocenters. The third-order valence-corrected chi connectivity index (χ3v) is 6.96. The number of hydrogen-bond acceptors (Lipinski definition) is 0. The normalized spacial score (nSPS) is 19.0. The molecular formula is C29H39F. The molecule has 0 aromatic heterocycles. The van der Waals surface area contributed by atoms with Crippen molar-refractivity contribution in [1.29, 1.82) is 0 Å². The van der Waals surface area contributed by atoms with E-state index in [4.69, 9.17) is 0 Å². The third-order valence-electron chi connectivity index (χ3n) is 6.96. The van der Waals surface area contributed by atoms with Gasteiger partial charge in [0.1, 0.15) is 5.82 Å². The standard InChI is InChI=1S/C29H39F/c1-3-5-7-9-23-10-12-24(13-11-23)14-15-25-16-19-27(20-17-25)28-21-18-26(8-6-4-2)22-29(28)30/h4,16-24H,2-3,5-15H2,1H3. The van der Waals surface area contributed by atoms with Crippen molar-refractivity contribution in [3.63, 3.8) is 0 Å². The van der Waals surface area contributed by atoms with E-state index in [-0.39, 0.29) is 5.82 Å². The molecule has 1 saturated carbocycles. The van der Waals surface area contributed by atoms with Gasteiger partial charge in [0.25, 0.3) is 0 Å². The van der Waals surface area contributed by atoms with Crippen LogP contribution in [0.3, 0.4) is 0 Å². The van der Waals surface area contributed by atoms with Crippen LogP contribution in [-0.2, 0) is 12.8 Å². The summed E-state index contributed by atoms with van der Waals surface area (Å²) < 4.78 is 14.6. The molecule has 30 heavy (non-hydrogen) atoms. The smallest absolute Gasteiger partial charge is 0.131 e. The Morgan fingerprint density at radius 1 is 0.867 bits per heavy atom. The molecule has 0 nitrogen and oxygen atoms in total. The van der Waals surface area contributed by atoms with E-state index in [1.807, 2.05) is 18.2 Å². The lowest BCUT2D eigenvalue weighted by Gasteiger charge is -2.28. The second-order valence-electron chi connectivity index (χ2n) is 9.26. The van der Waals surface area contributed by atoms with Crippen molar-refractivity contribution >= 4 is 0 Å². The van der Waals surface area contributed by atoms with E-state index >= 15 is 0 Å². The minimum absolute atomic E-state index is 0.125. The van der Waals surface area contributed by atoms with Crippen LogP contribution >= 0.6 is 0 Å². The maximum atomic E-state index is 14.6. The number of benzene rings is 2. The van der Waals surface area contributed by atoms with Gasteiger partial charge in [-0.2, -0.15) is 0 Å². The maximum absolute atomic E-state index is 14.6. The predicted octanol–water partition coefficient (Wildman–Crippen LogP) is 8.93. The van der Waals surface area contributed by atoms with Crippen LogP contribution in [0.4, 0.5) is 4.39 Å². The topological polar surface area (TPSA) is 0 Å². The minimum atomic E-state index is -0.125. The molecule has 162 valence electrons. The molecule has 0 N–H and O–H groups in total. The van der Waals surface area contributed by atoms with Crippen LogP contribution in [0.2, 0.25) is 0 Å². The van der Waals surface area contributed by atoms with E-state index in [0.29, 0.717) is 5.56 Å². The van der Waals surface area contributed by atoms with Crippen molar-refractivity contribution in [3.8, 4) is 11.1 Å². The lowest BCUT2D eigenvalue weighted by atomic mass is 9.78. The van der Waals surface area contributed by atoms with E-state index in [9.17, 15) is 4.39 Å². The fourth-order valence-corrected chi connectivity index (χ4v) is 4.93. The summed E-state index contributed by atoms with van der Waals surface area (Å²) in [7, 11) is 0. The summed E-state index contributed by atoms with van der Waals surface area (Å²) in [6.45, 7) is 6.03. The molecule has 0 aliphatic heterocycles. The van der Waals surface area contributed by atoms with E-state index < -0.39 is 0 Å². The lowest BCUT2D eigenvalue weighted by molar-refractivity contribution is 0.249. The van der Waals surface area contributed by atoms with Gasteiger partial charge in [-0.05, 0) is 60.3 Å². The highest BCUT2D eigenvalue weighted by Crippen LogP contribution is 2.34. The molecule has 0 radical (unpaired) electrons. The Morgan fingerprint density at radius 2 is 1.53 bits per heavy atom. The van der Waals surface area contributed by atoms with E-state index in [1.54, 1.807) is 6.07 Å². The summed E-state index contributed by atoms with van der Waals surface area (Å²) in [5.41, 5.74) is 4.09. The maximum Gasteiger partial charge on any atom is 0.131 e. The zero-order chi connectivity index (χ0) is 21.2. The average Bonchev–Trinajstić information content (AvgIpc) is 2.78. The van der Waals surface area contributed by atoms with Gasteiger partial charge in [-0.15, -0.1) is 6.58 Å². The molecule has 2 aromatic carbocycles. The van der Waals surface area contributed by atoms with E-state index in [0.717, 1.165) is 42.2 Å². The highest BCUT2D eigenvalue weighted by atomic mass is 19.1. The first-order valence-electron chi connectivity index (χ1n) is 12.2. The van der Waals surface area contributed by atoms with Gasteiger partial charge in [-0.3, -0.25) is 0 Å². The summed E-state index contributed by atoms with van der Waals surface area (Å²) in [6, 6.07) is 14.2. The molecule has 0 heterocycles. The van der Waals surface area contributed by atoms with Crippen molar-refractivity contribution in [1.82, 2.24) is 0 Å². The lowest BCUT2D eigenvalue weighted by Crippen LogP contribution is -2.15. The molecule has 1 fully saturated rings. The molecule has 0 saturated heterocycles. The van der Waals surface area contributed by atoms with Crippen LogP contribution < -0.4 is 0 Å². The molecule has 1 aliphatic carbocycles. The van der Waals surface area contributed by atoms with Crippen LogP contribution in [0, 0.1) is 17.7 Å². The number of hydrogen-bond donors (Lipinski definition) is 0. The fraction of sp³-hybridized carbons (Fsp3) is 0.517. The number of aryl methyl sites for hydroxylation is 2. The van der Waals surface area contributed by atoms with Gasteiger partial charge < -0.3 is 0 Å². The Hall–Kier alpha value is -1.89. The van der Waals surface area contributed by atoms with E-state index in [1.165, 1.54) is 63.4 Å². The van der Waals surface area contributed by atoms with Gasteiger partial charge in [0.2, 0.25) is 0 Å². The average molecular weight is 407 g/mol. The third kappa shape index (κ3) is 6.83.